The number of aromatic hydroxyl groups is 1. The fourth-order valence-corrected chi connectivity index (χ4v) is 7.36. The third kappa shape index (κ3) is 4.15. The molecule has 37 heavy (non-hydrogen) atoms. The van der Waals surface area contributed by atoms with E-state index < -0.39 is 45.7 Å². The van der Waals surface area contributed by atoms with Crippen LogP contribution in [0.25, 0.3) is 0 Å². The normalized spacial score (nSPS) is 20.4. The summed E-state index contributed by atoms with van der Waals surface area (Å²) >= 11 is 1.81. The molecule has 1 saturated heterocycles. The van der Waals surface area contributed by atoms with E-state index in [9.17, 15) is 29.1 Å². The quantitative estimate of drug-likeness (QED) is 0.414. The van der Waals surface area contributed by atoms with Crippen LogP contribution in [0.2, 0.25) is 0 Å². The van der Waals surface area contributed by atoms with Gasteiger partial charge in [-0.1, -0.05) is 47.4 Å². The summed E-state index contributed by atoms with van der Waals surface area (Å²) in [6, 6.07) is 12.0. The van der Waals surface area contributed by atoms with Crippen molar-refractivity contribution in [2.45, 2.75) is 22.7 Å². The first-order chi connectivity index (χ1) is 17.7. The first-order valence-electron chi connectivity index (χ1n) is 11.0. The van der Waals surface area contributed by atoms with Gasteiger partial charge in [0, 0.05) is 16.5 Å². The number of primary amides is 1. The molecule has 0 radical (unpaired) electrons. The number of carbonyl (C=O) groups excluding carboxylic acids is 4. The highest BCUT2D eigenvalue weighted by Crippen LogP contribution is 2.53. The van der Waals surface area contributed by atoms with Gasteiger partial charge in [0.15, 0.2) is 11.5 Å². The Morgan fingerprint density at radius 3 is 2.51 bits per heavy atom. The zero-order valence-electron chi connectivity index (χ0n) is 19.2. The molecule has 3 aromatic rings. The summed E-state index contributed by atoms with van der Waals surface area (Å²) in [7, 11) is 1.36. The predicted molar refractivity (Wildman–Crippen MR) is 135 cm³/mol. The van der Waals surface area contributed by atoms with Crippen LogP contribution < -0.4 is 20.7 Å². The molecule has 1 aromatic heterocycles. The molecule has 0 saturated carbocycles. The van der Waals surface area contributed by atoms with E-state index in [0.717, 1.165) is 23.1 Å². The minimum Gasteiger partial charge on any atom is -0.504 e. The molecule has 0 bridgehead atoms. The number of thioether (sulfide) groups is 1. The third-order valence-electron chi connectivity index (χ3n) is 6.19. The number of para-hydroxylation sites is 1. The summed E-state index contributed by atoms with van der Waals surface area (Å²) in [6.07, 6.45) is 0. The highest BCUT2D eigenvalue weighted by Gasteiger charge is 2.58. The molecule has 0 aliphatic carbocycles. The number of nitrogens with zero attached hydrogens (tertiary/aromatic N) is 2. The summed E-state index contributed by atoms with van der Waals surface area (Å²) in [5, 5.41) is 12.1. The SMILES string of the molecule is COc1cc(C2c3sc(=O)n(CC(=O)Nc4ccccc4)c3SC3C(=O)N(C(N)=O)C(=O)C32)ccc1O. The van der Waals surface area contributed by atoms with Crippen molar-refractivity contribution < 1.29 is 29.0 Å². The molecule has 3 unspecified atom stereocenters. The van der Waals surface area contributed by atoms with E-state index in [-0.39, 0.29) is 18.0 Å². The van der Waals surface area contributed by atoms with Gasteiger partial charge in [-0.3, -0.25) is 23.7 Å². The van der Waals surface area contributed by atoms with Crippen LogP contribution >= 0.6 is 23.1 Å². The molecule has 13 heteroatoms. The fourth-order valence-electron chi connectivity index (χ4n) is 4.58. The average Bonchev–Trinajstić information content (AvgIpc) is 3.31. The molecule has 3 heterocycles. The second kappa shape index (κ2) is 9.41. The summed E-state index contributed by atoms with van der Waals surface area (Å²) in [5.41, 5.74) is 6.38. The Hall–Kier alpha value is -4.10. The van der Waals surface area contributed by atoms with Crippen molar-refractivity contribution in [3.05, 3.63) is 68.6 Å². The number of likely N-dealkylation sites (tertiary alicyclic amines) is 1. The summed E-state index contributed by atoms with van der Waals surface area (Å²) < 4.78 is 6.47. The van der Waals surface area contributed by atoms with Crippen LogP contribution in [0.1, 0.15) is 16.4 Å². The number of rotatable bonds is 5. The molecule has 190 valence electrons. The van der Waals surface area contributed by atoms with Gasteiger partial charge in [0.25, 0.3) is 5.91 Å². The number of phenolic OH excluding ortho intramolecular Hbond substituents is 1. The number of urea groups is 1. The standard InChI is InChI=1S/C24H20N4O7S2/c1-35-14-9-11(7-8-13(14)29)16-17-18(21(32)28(20(17)31)23(25)33)36-22-19(16)37-24(34)27(22)10-15(30)26-12-5-3-2-4-6-12/h2-9,16-18,29H,10H2,1H3,(H2,25,33)(H,26,30). The largest absolute Gasteiger partial charge is 0.504 e. The fraction of sp³-hybridized carbons (Fsp3) is 0.208. The van der Waals surface area contributed by atoms with E-state index in [4.69, 9.17) is 10.5 Å². The number of amides is 5. The van der Waals surface area contributed by atoms with Gasteiger partial charge >= 0.3 is 10.9 Å². The molecule has 5 amide bonds. The number of benzene rings is 2. The van der Waals surface area contributed by atoms with Gasteiger partial charge in [-0.05, 0) is 29.8 Å². The average molecular weight is 541 g/mol. The van der Waals surface area contributed by atoms with Crippen molar-refractivity contribution >= 4 is 52.5 Å². The van der Waals surface area contributed by atoms with Crippen molar-refractivity contribution in [3.8, 4) is 11.5 Å². The molecule has 1 fully saturated rings. The molecular weight excluding hydrogens is 520 g/mol. The van der Waals surface area contributed by atoms with Gasteiger partial charge in [-0.2, -0.15) is 4.90 Å². The number of imide groups is 3. The molecule has 4 N–H and O–H groups in total. The molecule has 5 rings (SSSR count). The lowest BCUT2D eigenvalue weighted by Crippen LogP contribution is -2.41. The maximum absolute atomic E-state index is 13.2. The van der Waals surface area contributed by atoms with Crippen LogP contribution in [0.15, 0.2) is 58.4 Å². The minimum absolute atomic E-state index is 0.131. The lowest BCUT2D eigenvalue weighted by Gasteiger charge is -2.30. The highest BCUT2D eigenvalue weighted by molar-refractivity contribution is 8.00. The number of ether oxygens (including phenoxy) is 1. The van der Waals surface area contributed by atoms with Gasteiger partial charge < -0.3 is 20.9 Å². The van der Waals surface area contributed by atoms with E-state index in [1.165, 1.54) is 23.8 Å². The lowest BCUT2D eigenvalue weighted by atomic mass is 9.83. The second-order valence-electron chi connectivity index (χ2n) is 8.36. The summed E-state index contributed by atoms with van der Waals surface area (Å²) in [6.45, 7) is -0.322. The highest BCUT2D eigenvalue weighted by atomic mass is 32.2. The van der Waals surface area contributed by atoms with Gasteiger partial charge in [-0.25, -0.2) is 4.79 Å². The number of phenols is 1. The Morgan fingerprint density at radius 1 is 1.11 bits per heavy atom. The van der Waals surface area contributed by atoms with Crippen LogP contribution in [-0.2, 0) is 20.9 Å². The number of nitrogens with one attached hydrogen (secondary N) is 1. The van der Waals surface area contributed by atoms with E-state index >= 15 is 0 Å². The number of aromatic nitrogens is 1. The van der Waals surface area contributed by atoms with Crippen molar-refractivity contribution in [3.63, 3.8) is 0 Å². The number of methoxy groups -OCH3 is 1. The molecule has 2 aromatic carbocycles. The topological polar surface area (TPSA) is 161 Å². The smallest absolute Gasteiger partial charge is 0.328 e. The first-order valence-corrected chi connectivity index (χ1v) is 12.7. The van der Waals surface area contributed by atoms with Gasteiger partial charge in [-0.15, -0.1) is 0 Å². The third-order valence-corrected chi connectivity index (χ3v) is 8.80. The molecule has 11 nitrogen and oxygen atoms in total. The maximum atomic E-state index is 13.2. The van der Waals surface area contributed by atoms with Crippen molar-refractivity contribution in [1.82, 2.24) is 9.47 Å². The zero-order valence-corrected chi connectivity index (χ0v) is 20.9. The molecule has 2 aliphatic rings. The first kappa shape index (κ1) is 24.6. The number of anilines is 1. The predicted octanol–water partition coefficient (Wildman–Crippen LogP) is 1.93. The Morgan fingerprint density at radius 2 is 1.84 bits per heavy atom. The maximum Gasteiger partial charge on any atom is 0.328 e. The minimum atomic E-state index is -1.19. The van der Waals surface area contributed by atoms with Crippen LogP contribution in [0.4, 0.5) is 10.5 Å². The number of hydrogen-bond acceptors (Lipinski definition) is 9. The second-order valence-corrected chi connectivity index (χ2v) is 10.5. The molecule has 0 spiro atoms. The van der Waals surface area contributed by atoms with E-state index in [1.54, 1.807) is 36.4 Å². The van der Waals surface area contributed by atoms with Gasteiger partial charge in [0.05, 0.1) is 18.1 Å². The van der Waals surface area contributed by atoms with E-state index in [2.05, 4.69) is 5.32 Å². The Labute approximate surface area is 217 Å². The number of hydrogen-bond donors (Lipinski definition) is 3. The van der Waals surface area contributed by atoms with E-state index in [0.29, 0.717) is 26.1 Å². The number of nitrogens with two attached hydrogens (primary N) is 1. The van der Waals surface area contributed by atoms with Crippen LogP contribution in [0.5, 0.6) is 11.5 Å². The van der Waals surface area contributed by atoms with Crippen molar-refractivity contribution in [1.29, 1.82) is 0 Å². The zero-order chi connectivity index (χ0) is 26.4. The van der Waals surface area contributed by atoms with Gasteiger partial charge in [0.1, 0.15) is 11.8 Å². The number of fused-ring (bicyclic) bond motifs is 2. The molecular formula is C24H20N4O7S2. The lowest BCUT2D eigenvalue weighted by molar-refractivity contribution is -0.135. The molecule has 2 aliphatic heterocycles. The van der Waals surface area contributed by atoms with Gasteiger partial charge in [0.2, 0.25) is 11.8 Å². The molecule has 3 atom stereocenters. The van der Waals surface area contributed by atoms with E-state index in [1.807, 2.05) is 0 Å². The summed E-state index contributed by atoms with van der Waals surface area (Å²) in [5.74, 6) is -3.87. The van der Waals surface area contributed by atoms with Crippen molar-refractivity contribution in [2.75, 3.05) is 12.4 Å². The van der Waals surface area contributed by atoms with Crippen molar-refractivity contribution in [2.24, 2.45) is 11.7 Å². The monoisotopic (exact) mass is 540 g/mol. The Balaban J connectivity index is 1.60. The van der Waals surface area contributed by atoms with Crippen LogP contribution in [0.3, 0.4) is 0 Å². The summed E-state index contributed by atoms with van der Waals surface area (Å²) in [4.78, 5) is 64.6. The van der Waals surface area contributed by atoms with Crippen LogP contribution in [0, 0.1) is 5.92 Å². The number of thiazole rings is 1. The van der Waals surface area contributed by atoms with Crippen LogP contribution in [-0.4, -0.2) is 50.7 Å². The Kier molecular flexibility index (Phi) is 6.25. The number of carbonyl (C=O) groups is 4. The Bertz CT molecular complexity index is 1500.